The molecule has 1 heterocycles. The van der Waals surface area contributed by atoms with Crippen molar-refractivity contribution in [2.75, 3.05) is 5.32 Å². The van der Waals surface area contributed by atoms with Crippen LogP contribution in [0.4, 0.5) is 5.82 Å². The van der Waals surface area contributed by atoms with Crippen molar-refractivity contribution >= 4 is 17.5 Å². The number of aromatic hydroxyl groups is 1. The van der Waals surface area contributed by atoms with E-state index in [4.69, 9.17) is 0 Å². The summed E-state index contributed by atoms with van der Waals surface area (Å²) in [6, 6.07) is 15.4. The fourth-order valence-electron chi connectivity index (χ4n) is 2.84. The lowest BCUT2D eigenvalue weighted by Gasteiger charge is -2.07. The SMILES string of the molecule is O=C(Nc1ncccc1O)c1ccc2c(c1)C(=O)c1ccccc1-2. The molecule has 5 nitrogen and oxygen atoms in total. The first-order valence-electron chi connectivity index (χ1n) is 7.38. The standard InChI is InChI=1S/C19H12N2O3/c22-16-6-3-9-20-18(16)21-19(24)11-7-8-13-12-4-1-2-5-14(12)17(23)15(13)10-11/h1-10,22H,(H,20,21,24). The molecular weight excluding hydrogens is 304 g/mol. The van der Waals surface area contributed by atoms with Gasteiger partial charge in [-0.25, -0.2) is 4.98 Å². The molecule has 4 rings (SSSR count). The van der Waals surface area contributed by atoms with Crippen molar-refractivity contribution in [1.29, 1.82) is 0 Å². The average Bonchev–Trinajstić information content (AvgIpc) is 2.90. The zero-order chi connectivity index (χ0) is 16.7. The second-order valence-corrected chi connectivity index (χ2v) is 5.46. The highest BCUT2D eigenvalue weighted by Crippen LogP contribution is 2.36. The van der Waals surface area contributed by atoms with Crippen molar-refractivity contribution in [2.24, 2.45) is 0 Å². The van der Waals surface area contributed by atoms with Gasteiger partial charge in [0.05, 0.1) is 0 Å². The van der Waals surface area contributed by atoms with E-state index in [1.807, 2.05) is 18.2 Å². The van der Waals surface area contributed by atoms with Gasteiger partial charge in [0.25, 0.3) is 5.91 Å². The third-order valence-corrected chi connectivity index (χ3v) is 4.01. The average molecular weight is 316 g/mol. The molecule has 1 amide bonds. The molecule has 0 fully saturated rings. The quantitative estimate of drug-likeness (QED) is 0.595. The van der Waals surface area contributed by atoms with Gasteiger partial charge in [-0.1, -0.05) is 30.3 Å². The molecule has 24 heavy (non-hydrogen) atoms. The number of carbonyl (C=O) groups excluding carboxylic acids is 2. The van der Waals surface area contributed by atoms with E-state index in [0.717, 1.165) is 11.1 Å². The predicted octanol–water partition coefficient (Wildman–Crippen LogP) is 3.25. The van der Waals surface area contributed by atoms with Crippen LogP contribution in [-0.2, 0) is 0 Å². The number of amides is 1. The molecule has 0 saturated carbocycles. The summed E-state index contributed by atoms with van der Waals surface area (Å²) >= 11 is 0. The second-order valence-electron chi connectivity index (χ2n) is 5.46. The summed E-state index contributed by atoms with van der Waals surface area (Å²) < 4.78 is 0. The molecule has 2 N–H and O–H groups in total. The maximum absolute atomic E-state index is 12.5. The number of rotatable bonds is 2. The van der Waals surface area contributed by atoms with Gasteiger partial charge in [-0.2, -0.15) is 0 Å². The van der Waals surface area contributed by atoms with E-state index in [9.17, 15) is 14.7 Å². The third-order valence-electron chi connectivity index (χ3n) is 4.01. The number of nitrogens with zero attached hydrogens (tertiary/aromatic N) is 1. The van der Waals surface area contributed by atoms with Crippen LogP contribution in [-0.4, -0.2) is 21.8 Å². The van der Waals surface area contributed by atoms with Gasteiger partial charge in [-0.05, 0) is 35.4 Å². The van der Waals surface area contributed by atoms with Gasteiger partial charge in [0.1, 0.15) is 0 Å². The van der Waals surface area contributed by atoms with Crippen LogP contribution in [0.3, 0.4) is 0 Å². The van der Waals surface area contributed by atoms with E-state index < -0.39 is 5.91 Å². The Labute approximate surface area is 137 Å². The Bertz CT molecular complexity index is 995. The van der Waals surface area contributed by atoms with Crippen molar-refractivity contribution in [2.45, 2.75) is 0 Å². The van der Waals surface area contributed by atoms with Gasteiger partial charge in [-0.15, -0.1) is 0 Å². The van der Waals surface area contributed by atoms with Gasteiger partial charge < -0.3 is 10.4 Å². The number of benzene rings is 2. The van der Waals surface area contributed by atoms with E-state index in [1.165, 1.54) is 12.3 Å². The monoisotopic (exact) mass is 316 g/mol. The molecule has 0 saturated heterocycles. The summed E-state index contributed by atoms with van der Waals surface area (Å²) in [5.41, 5.74) is 3.20. The summed E-state index contributed by atoms with van der Waals surface area (Å²) in [6.07, 6.45) is 1.47. The number of nitrogens with one attached hydrogen (secondary N) is 1. The Hall–Kier alpha value is -3.47. The lowest BCUT2D eigenvalue weighted by molar-refractivity contribution is 0.102. The number of fused-ring (bicyclic) bond motifs is 3. The topological polar surface area (TPSA) is 79.3 Å². The summed E-state index contributed by atoms with van der Waals surface area (Å²) in [5.74, 6) is -0.556. The summed E-state index contributed by atoms with van der Waals surface area (Å²) in [5, 5.41) is 12.2. The van der Waals surface area contributed by atoms with E-state index >= 15 is 0 Å². The molecular formula is C19H12N2O3. The van der Waals surface area contributed by atoms with Crippen molar-refractivity contribution in [3.05, 3.63) is 77.5 Å². The molecule has 1 aromatic heterocycles. The molecule has 0 bridgehead atoms. The zero-order valence-electron chi connectivity index (χ0n) is 12.5. The first-order valence-corrected chi connectivity index (χ1v) is 7.38. The van der Waals surface area contributed by atoms with Crippen LogP contribution in [0.2, 0.25) is 0 Å². The molecule has 1 aliphatic carbocycles. The number of pyridine rings is 1. The smallest absolute Gasteiger partial charge is 0.256 e. The van der Waals surface area contributed by atoms with Crippen LogP contribution >= 0.6 is 0 Å². The van der Waals surface area contributed by atoms with Crippen LogP contribution in [0.25, 0.3) is 11.1 Å². The van der Waals surface area contributed by atoms with Gasteiger partial charge in [0.15, 0.2) is 17.4 Å². The van der Waals surface area contributed by atoms with Crippen molar-refractivity contribution in [3.63, 3.8) is 0 Å². The van der Waals surface area contributed by atoms with Crippen molar-refractivity contribution in [3.8, 4) is 16.9 Å². The largest absolute Gasteiger partial charge is 0.504 e. The van der Waals surface area contributed by atoms with E-state index in [-0.39, 0.29) is 17.4 Å². The molecule has 0 aliphatic heterocycles. The van der Waals surface area contributed by atoms with Crippen LogP contribution < -0.4 is 5.32 Å². The minimum Gasteiger partial charge on any atom is -0.504 e. The highest BCUT2D eigenvalue weighted by molar-refractivity contribution is 6.22. The second kappa shape index (κ2) is 5.31. The van der Waals surface area contributed by atoms with Crippen LogP contribution in [0.1, 0.15) is 26.3 Å². The Morgan fingerprint density at radius 2 is 1.67 bits per heavy atom. The van der Waals surface area contributed by atoms with Crippen LogP contribution in [0, 0.1) is 0 Å². The van der Waals surface area contributed by atoms with Crippen molar-refractivity contribution in [1.82, 2.24) is 4.98 Å². The highest BCUT2D eigenvalue weighted by Gasteiger charge is 2.27. The first kappa shape index (κ1) is 14.1. The number of carbonyl (C=O) groups is 2. The van der Waals surface area contributed by atoms with Crippen LogP contribution in [0.15, 0.2) is 60.8 Å². The number of ketones is 1. The zero-order valence-corrected chi connectivity index (χ0v) is 12.5. The number of aromatic nitrogens is 1. The lowest BCUT2D eigenvalue weighted by atomic mass is 10.0. The maximum atomic E-state index is 12.5. The molecule has 0 atom stereocenters. The number of hydrogen-bond acceptors (Lipinski definition) is 4. The first-order chi connectivity index (χ1) is 11.6. The summed E-state index contributed by atoms with van der Waals surface area (Å²) in [4.78, 5) is 28.8. The molecule has 2 aromatic carbocycles. The van der Waals surface area contributed by atoms with Gasteiger partial charge >= 0.3 is 0 Å². The maximum Gasteiger partial charge on any atom is 0.256 e. The Morgan fingerprint density at radius 3 is 2.46 bits per heavy atom. The molecule has 0 spiro atoms. The third kappa shape index (κ3) is 2.14. The van der Waals surface area contributed by atoms with E-state index in [2.05, 4.69) is 10.3 Å². The molecule has 0 radical (unpaired) electrons. The van der Waals surface area contributed by atoms with Gasteiger partial charge in [0.2, 0.25) is 0 Å². The molecule has 5 heteroatoms. The molecule has 3 aromatic rings. The fraction of sp³-hybridized carbons (Fsp3) is 0. The number of hydrogen-bond donors (Lipinski definition) is 2. The van der Waals surface area contributed by atoms with E-state index in [1.54, 1.807) is 30.3 Å². The Balaban J connectivity index is 1.69. The summed E-state index contributed by atoms with van der Waals surface area (Å²) in [7, 11) is 0. The van der Waals surface area contributed by atoms with Crippen molar-refractivity contribution < 1.29 is 14.7 Å². The summed E-state index contributed by atoms with van der Waals surface area (Å²) in [6.45, 7) is 0. The van der Waals surface area contributed by atoms with Gasteiger partial charge in [0, 0.05) is 22.9 Å². The normalized spacial score (nSPS) is 11.8. The highest BCUT2D eigenvalue weighted by atomic mass is 16.3. The minimum atomic E-state index is -0.435. The number of anilines is 1. The Morgan fingerprint density at radius 1 is 0.917 bits per heavy atom. The lowest BCUT2D eigenvalue weighted by Crippen LogP contribution is -2.13. The molecule has 0 unspecified atom stereocenters. The predicted molar refractivity (Wildman–Crippen MR) is 89.2 cm³/mol. The van der Waals surface area contributed by atoms with E-state index in [0.29, 0.717) is 16.7 Å². The molecule has 116 valence electrons. The van der Waals surface area contributed by atoms with Gasteiger partial charge in [-0.3, -0.25) is 9.59 Å². The molecule has 1 aliphatic rings. The Kier molecular flexibility index (Phi) is 3.13. The fourth-order valence-corrected chi connectivity index (χ4v) is 2.84. The van der Waals surface area contributed by atoms with Crippen LogP contribution in [0.5, 0.6) is 5.75 Å². The minimum absolute atomic E-state index is 0.0811.